The van der Waals surface area contributed by atoms with E-state index in [0.717, 1.165) is 30.6 Å². The molecular weight excluding hydrogens is 308 g/mol. The Balaban J connectivity index is 1.66. The Labute approximate surface area is 153 Å². The quantitative estimate of drug-likeness (QED) is 0.613. The molecule has 0 amide bonds. The van der Waals surface area contributed by atoms with Crippen LogP contribution in [0.15, 0.2) is 11.6 Å². The van der Waals surface area contributed by atoms with Gasteiger partial charge in [0.05, 0.1) is 6.10 Å². The molecule has 4 rings (SSSR count). The number of allylic oxidation sites excluding steroid dienone is 1. The van der Waals surface area contributed by atoms with E-state index in [1.807, 2.05) is 14.0 Å². The molecule has 25 heavy (non-hydrogen) atoms. The molecule has 2 nitrogen and oxygen atoms in total. The topological polar surface area (TPSA) is 26.3 Å². The highest BCUT2D eigenvalue weighted by atomic mass is 16.5. The number of carbonyl (C=O) groups excluding carboxylic acids is 1. The molecule has 0 aromatic carbocycles. The molecule has 0 aromatic rings. The number of ketones is 1. The molecule has 7 atom stereocenters. The number of hydrogen-bond acceptors (Lipinski definition) is 2. The fourth-order valence-corrected chi connectivity index (χ4v) is 7.67. The normalized spacial score (nSPS) is 52.0. The average molecular weight is 345 g/mol. The van der Waals surface area contributed by atoms with Gasteiger partial charge in [0.1, 0.15) is 5.78 Å². The van der Waals surface area contributed by atoms with Gasteiger partial charge in [0.25, 0.3) is 0 Å². The van der Waals surface area contributed by atoms with Gasteiger partial charge in [-0.2, -0.15) is 0 Å². The number of ether oxygens (including phenoxy) is 1. The van der Waals surface area contributed by atoms with E-state index in [2.05, 4.69) is 26.8 Å². The van der Waals surface area contributed by atoms with E-state index in [4.69, 9.17) is 4.74 Å². The monoisotopic (exact) mass is 344 g/mol. The Morgan fingerprint density at radius 1 is 1.08 bits per heavy atom. The number of hydrogen-bond donors (Lipinski definition) is 0. The van der Waals surface area contributed by atoms with Crippen molar-refractivity contribution < 1.29 is 9.53 Å². The maximum absolute atomic E-state index is 12.5. The first-order chi connectivity index (χ1) is 11.8. The molecular formula is C23H36O2. The van der Waals surface area contributed by atoms with Crippen molar-refractivity contribution in [3.8, 4) is 0 Å². The Morgan fingerprint density at radius 3 is 2.48 bits per heavy atom. The van der Waals surface area contributed by atoms with Crippen LogP contribution in [0.2, 0.25) is 0 Å². The second-order valence-corrected chi connectivity index (χ2v) is 10.2. The summed E-state index contributed by atoms with van der Waals surface area (Å²) in [6.45, 7) is 9.10. The van der Waals surface area contributed by atoms with Crippen LogP contribution in [0.25, 0.3) is 0 Å². The number of methoxy groups -OCH3 is 1. The first kappa shape index (κ1) is 17.8. The Bertz CT molecular complexity index is 607. The smallest absolute Gasteiger partial charge is 0.136 e. The predicted octanol–water partition coefficient (Wildman–Crippen LogP) is 5.56. The molecule has 0 spiro atoms. The van der Waals surface area contributed by atoms with Crippen molar-refractivity contribution in [3.05, 3.63) is 11.6 Å². The minimum absolute atomic E-state index is 0.0960. The van der Waals surface area contributed by atoms with Gasteiger partial charge in [0, 0.05) is 12.5 Å². The van der Waals surface area contributed by atoms with Gasteiger partial charge in [0.15, 0.2) is 0 Å². The molecule has 4 aliphatic rings. The summed E-state index contributed by atoms with van der Waals surface area (Å²) in [5, 5.41) is 0. The zero-order valence-corrected chi connectivity index (χ0v) is 16.9. The van der Waals surface area contributed by atoms with Crippen molar-refractivity contribution in [2.45, 2.75) is 85.2 Å². The zero-order chi connectivity index (χ0) is 18.0. The van der Waals surface area contributed by atoms with Crippen LogP contribution in [-0.2, 0) is 9.53 Å². The Morgan fingerprint density at radius 2 is 1.80 bits per heavy atom. The predicted molar refractivity (Wildman–Crippen MR) is 101 cm³/mol. The van der Waals surface area contributed by atoms with Gasteiger partial charge < -0.3 is 4.74 Å². The summed E-state index contributed by atoms with van der Waals surface area (Å²) in [4.78, 5) is 12.5. The maximum atomic E-state index is 12.5. The third-order valence-corrected chi connectivity index (χ3v) is 9.77. The van der Waals surface area contributed by atoms with Crippen LogP contribution in [0.5, 0.6) is 0 Å². The molecule has 2 heteroatoms. The van der Waals surface area contributed by atoms with Gasteiger partial charge in [-0.3, -0.25) is 4.79 Å². The van der Waals surface area contributed by atoms with Crippen molar-refractivity contribution in [1.29, 1.82) is 0 Å². The number of Topliss-reactive ketones (excluding diaryl/α,β-unsaturated/α-hetero) is 1. The highest BCUT2D eigenvalue weighted by molar-refractivity contribution is 5.83. The summed E-state index contributed by atoms with van der Waals surface area (Å²) in [7, 11) is 1.87. The van der Waals surface area contributed by atoms with Crippen LogP contribution in [0.1, 0.15) is 79.1 Å². The van der Waals surface area contributed by atoms with Gasteiger partial charge in [-0.15, -0.1) is 0 Å². The SMILES string of the molecule is CO[C@H]1CCC2(C)C(=CCC3C2CCC2(C)C3CC[C@]2(C)C(C)=O)C1. The van der Waals surface area contributed by atoms with Crippen LogP contribution in [0.3, 0.4) is 0 Å². The molecule has 0 aromatic heterocycles. The van der Waals surface area contributed by atoms with Gasteiger partial charge in [-0.1, -0.05) is 32.4 Å². The summed E-state index contributed by atoms with van der Waals surface area (Å²) in [5.74, 6) is 2.76. The molecule has 0 radical (unpaired) electrons. The molecule has 0 aliphatic heterocycles. The van der Waals surface area contributed by atoms with Gasteiger partial charge in [0.2, 0.25) is 0 Å². The highest BCUT2D eigenvalue weighted by Crippen LogP contribution is 2.69. The van der Waals surface area contributed by atoms with Crippen LogP contribution in [0.4, 0.5) is 0 Å². The van der Waals surface area contributed by atoms with E-state index in [-0.39, 0.29) is 10.8 Å². The fourth-order valence-electron chi connectivity index (χ4n) is 7.67. The summed E-state index contributed by atoms with van der Waals surface area (Å²) >= 11 is 0. The summed E-state index contributed by atoms with van der Waals surface area (Å²) in [6, 6.07) is 0. The van der Waals surface area contributed by atoms with Crippen LogP contribution in [0, 0.1) is 34.0 Å². The third kappa shape index (κ3) is 2.22. The zero-order valence-electron chi connectivity index (χ0n) is 16.9. The van der Waals surface area contributed by atoms with Gasteiger partial charge in [-0.25, -0.2) is 0 Å². The van der Waals surface area contributed by atoms with Crippen LogP contribution < -0.4 is 0 Å². The second kappa shape index (κ2) is 5.68. The Hall–Kier alpha value is -0.630. The number of carbonyl (C=O) groups is 1. The second-order valence-electron chi connectivity index (χ2n) is 10.2. The van der Waals surface area contributed by atoms with Crippen molar-refractivity contribution in [3.63, 3.8) is 0 Å². The molecule has 5 unspecified atom stereocenters. The summed E-state index contributed by atoms with van der Waals surface area (Å²) in [5.41, 5.74) is 2.18. The molecule has 0 N–H and O–H groups in total. The average Bonchev–Trinajstić information content (AvgIpc) is 2.87. The lowest BCUT2D eigenvalue weighted by atomic mass is 9.45. The Kier molecular flexibility index (Phi) is 4.04. The highest BCUT2D eigenvalue weighted by Gasteiger charge is 2.63. The van der Waals surface area contributed by atoms with Crippen molar-refractivity contribution in [2.75, 3.05) is 7.11 Å². The minimum Gasteiger partial charge on any atom is -0.381 e. The van der Waals surface area contributed by atoms with E-state index in [1.165, 1.54) is 38.5 Å². The van der Waals surface area contributed by atoms with Gasteiger partial charge >= 0.3 is 0 Å². The van der Waals surface area contributed by atoms with Crippen molar-refractivity contribution in [1.82, 2.24) is 0 Å². The van der Waals surface area contributed by atoms with E-state index in [9.17, 15) is 4.79 Å². The summed E-state index contributed by atoms with van der Waals surface area (Å²) in [6.07, 6.45) is 12.8. The molecule has 0 saturated heterocycles. The first-order valence-electron chi connectivity index (χ1n) is 10.5. The lowest BCUT2D eigenvalue weighted by Gasteiger charge is -2.59. The standard InChI is InChI=1S/C23H36O2/c1-15(24)22(3)12-10-20-18-7-6-16-14-17(25-5)8-11-21(16,2)19(18)9-13-23(20,22)4/h6,17-20H,7-14H2,1-5H3/t17-,18?,19?,20?,21?,22+,23?/m0/s1. The largest absolute Gasteiger partial charge is 0.381 e. The van der Waals surface area contributed by atoms with E-state index < -0.39 is 0 Å². The lowest BCUT2D eigenvalue weighted by molar-refractivity contribution is -0.138. The molecule has 0 heterocycles. The van der Waals surface area contributed by atoms with Crippen LogP contribution in [-0.4, -0.2) is 19.0 Å². The van der Waals surface area contributed by atoms with Gasteiger partial charge in [-0.05, 0) is 86.9 Å². The molecule has 3 saturated carbocycles. The third-order valence-electron chi connectivity index (χ3n) is 9.77. The van der Waals surface area contributed by atoms with E-state index >= 15 is 0 Å². The van der Waals surface area contributed by atoms with E-state index in [0.29, 0.717) is 17.3 Å². The molecule has 4 aliphatic carbocycles. The van der Waals surface area contributed by atoms with Crippen molar-refractivity contribution >= 4 is 5.78 Å². The van der Waals surface area contributed by atoms with Crippen molar-refractivity contribution in [2.24, 2.45) is 34.0 Å². The fraction of sp³-hybridized carbons (Fsp3) is 0.870. The number of rotatable bonds is 2. The first-order valence-corrected chi connectivity index (χ1v) is 10.5. The lowest BCUT2D eigenvalue weighted by Crippen LogP contribution is -2.53. The summed E-state index contributed by atoms with van der Waals surface area (Å²) < 4.78 is 5.68. The number of fused-ring (bicyclic) bond motifs is 5. The van der Waals surface area contributed by atoms with E-state index in [1.54, 1.807) is 5.57 Å². The molecule has 140 valence electrons. The minimum atomic E-state index is -0.0960. The molecule has 3 fully saturated rings. The van der Waals surface area contributed by atoms with Crippen LogP contribution >= 0.6 is 0 Å². The maximum Gasteiger partial charge on any atom is 0.136 e. The molecule has 0 bridgehead atoms.